The Morgan fingerprint density at radius 2 is 1.35 bits per heavy atom. The van der Waals surface area contributed by atoms with Crippen LogP contribution in [0.2, 0.25) is 0 Å². The maximum Gasteiger partial charge on any atom is 0.227 e. The standard InChI is InChI=1S/C27H40N2OS/c30-27(22-16-12-6-3-1-2-4-7-13-17-22)29-24-20-28-23-18-19-31-26(23)25(24)21-14-10-8-5-9-11-15-21/h18-22H,1-17H2,(H,29,30). The molecule has 0 saturated heterocycles. The summed E-state index contributed by atoms with van der Waals surface area (Å²) >= 11 is 1.80. The summed E-state index contributed by atoms with van der Waals surface area (Å²) in [5, 5.41) is 5.55. The van der Waals surface area contributed by atoms with Crippen LogP contribution in [-0.4, -0.2) is 10.9 Å². The quantitative estimate of drug-likeness (QED) is 0.519. The monoisotopic (exact) mass is 440 g/mol. The van der Waals surface area contributed by atoms with Gasteiger partial charge in [-0.25, -0.2) is 0 Å². The van der Waals surface area contributed by atoms with Gasteiger partial charge >= 0.3 is 0 Å². The first kappa shape index (κ1) is 22.8. The fourth-order valence-corrected chi connectivity index (χ4v) is 6.64. The maximum absolute atomic E-state index is 13.4. The Kier molecular flexibility index (Phi) is 8.80. The van der Waals surface area contributed by atoms with Crippen molar-refractivity contribution in [2.24, 2.45) is 5.92 Å². The second kappa shape index (κ2) is 12.0. The summed E-state index contributed by atoms with van der Waals surface area (Å²) in [4.78, 5) is 18.1. The largest absolute Gasteiger partial charge is 0.324 e. The van der Waals surface area contributed by atoms with Crippen LogP contribution >= 0.6 is 11.3 Å². The van der Waals surface area contributed by atoms with Crippen molar-refractivity contribution in [3.05, 3.63) is 23.2 Å². The van der Waals surface area contributed by atoms with Crippen molar-refractivity contribution < 1.29 is 4.79 Å². The van der Waals surface area contributed by atoms with Gasteiger partial charge in [-0.2, -0.15) is 0 Å². The average Bonchev–Trinajstić information content (AvgIpc) is 3.20. The lowest BCUT2D eigenvalue weighted by Gasteiger charge is -2.24. The summed E-state index contributed by atoms with van der Waals surface area (Å²) in [6.07, 6.45) is 23.5. The Morgan fingerprint density at radius 1 is 0.806 bits per heavy atom. The Bertz CT molecular complexity index is 810. The number of nitrogens with zero attached hydrogens (tertiary/aromatic N) is 1. The molecule has 1 N–H and O–H groups in total. The zero-order chi connectivity index (χ0) is 21.3. The van der Waals surface area contributed by atoms with Crippen molar-refractivity contribution >= 4 is 33.1 Å². The number of rotatable bonds is 3. The third-order valence-electron chi connectivity index (χ3n) is 7.51. The van der Waals surface area contributed by atoms with Gasteiger partial charge in [0.05, 0.1) is 22.1 Å². The molecule has 0 aliphatic heterocycles. The minimum absolute atomic E-state index is 0.155. The van der Waals surface area contributed by atoms with Crippen molar-refractivity contribution in [1.29, 1.82) is 0 Å². The van der Waals surface area contributed by atoms with E-state index in [1.165, 1.54) is 107 Å². The van der Waals surface area contributed by atoms with Crippen LogP contribution in [0.1, 0.15) is 121 Å². The van der Waals surface area contributed by atoms with E-state index in [4.69, 9.17) is 4.98 Å². The van der Waals surface area contributed by atoms with Gasteiger partial charge in [0.1, 0.15) is 0 Å². The molecule has 2 aliphatic carbocycles. The summed E-state index contributed by atoms with van der Waals surface area (Å²) in [6.45, 7) is 0. The highest BCUT2D eigenvalue weighted by molar-refractivity contribution is 7.17. The number of fused-ring (bicyclic) bond motifs is 1. The number of nitrogens with one attached hydrogen (secondary N) is 1. The van der Waals surface area contributed by atoms with E-state index in [1.807, 2.05) is 6.20 Å². The topological polar surface area (TPSA) is 42.0 Å². The van der Waals surface area contributed by atoms with Gasteiger partial charge in [-0.05, 0) is 48.6 Å². The molecule has 0 spiro atoms. The highest BCUT2D eigenvalue weighted by Crippen LogP contribution is 2.41. The first-order valence-corrected chi connectivity index (χ1v) is 13.9. The molecule has 0 radical (unpaired) electrons. The molecule has 2 aliphatic rings. The zero-order valence-electron chi connectivity index (χ0n) is 19.2. The fraction of sp³-hybridized carbons (Fsp3) is 0.704. The van der Waals surface area contributed by atoms with Crippen molar-refractivity contribution in [2.75, 3.05) is 5.32 Å². The number of anilines is 1. The van der Waals surface area contributed by atoms with Crippen molar-refractivity contribution in [3.8, 4) is 0 Å². The highest BCUT2D eigenvalue weighted by atomic mass is 32.1. The molecule has 4 heteroatoms. The van der Waals surface area contributed by atoms with Crippen LogP contribution in [0.5, 0.6) is 0 Å². The molecule has 2 heterocycles. The Morgan fingerprint density at radius 3 is 1.97 bits per heavy atom. The summed E-state index contributed by atoms with van der Waals surface area (Å²) in [6, 6.07) is 2.13. The van der Waals surface area contributed by atoms with Crippen LogP contribution in [0.15, 0.2) is 17.6 Å². The van der Waals surface area contributed by atoms with Gasteiger partial charge in [0, 0.05) is 5.92 Å². The first-order valence-electron chi connectivity index (χ1n) is 13.0. The molecule has 0 aromatic carbocycles. The molecular weight excluding hydrogens is 400 g/mol. The normalized spacial score (nSPS) is 21.2. The van der Waals surface area contributed by atoms with Crippen LogP contribution in [0.3, 0.4) is 0 Å². The van der Waals surface area contributed by atoms with E-state index in [2.05, 4.69) is 16.8 Å². The van der Waals surface area contributed by atoms with Crippen LogP contribution in [0.4, 0.5) is 5.69 Å². The molecule has 2 saturated carbocycles. The van der Waals surface area contributed by atoms with Gasteiger partial charge < -0.3 is 5.32 Å². The van der Waals surface area contributed by atoms with E-state index >= 15 is 0 Å². The van der Waals surface area contributed by atoms with Crippen molar-refractivity contribution in [2.45, 2.75) is 115 Å². The molecule has 4 rings (SSSR count). The number of hydrogen-bond donors (Lipinski definition) is 1. The third-order valence-corrected chi connectivity index (χ3v) is 8.45. The van der Waals surface area contributed by atoms with E-state index in [9.17, 15) is 4.79 Å². The summed E-state index contributed by atoms with van der Waals surface area (Å²) in [5.74, 6) is 0.943. The van der Waals surface area contributed by atoms with Crippen LogP contribution in [0, 0.1) is 5.92 Å². The minimum atomic E-state index is 0.155. The zero-order valence-corrected chi connectivity index (χ0v) is 20.0. The first-order chi connectivity index (χ1) is 15.3. The Labute approximate surface area is 192 Å². The number of pyridine rings is 1. The molecule has 170 valence electrons. The van der Waals surface area contributed by atoms with Crippen LogP contribution in [-0.2, 0) is 4.79 Å². The van der Waals surface area contributed by atoms with Gasteiger partial charge in [-0.3, -0.25) is 9.78 Å². The summed E-state index contributed by atoms with van der Waals surface area (Å²) in [7, 11) is 0. The predicted octanol–water partition coefficient (Wildman–Crippen LogP) is 8.59. The highest BCUT2D eigenvalue weighted by Gasteiger charge is 2.24. The molecule has 1 amide bonds. The molecule has 0 atom stereocenters. The molecule has 3 nitrogen and oxygen atoms in total. The lowest BCUT2D eigenvalue weighted by atomic mass is 9.85. The fourth-order valence-electron chi connectivity index (χ4n) is 5.66. The van der Waals surface area contributed by atoms with E-state index in [0.717, 1.165) is 24.0 Å². The summed E-state index contributed by atoms with van der Waals surface area (Å²) < 4.78 is 1.30. The Hall–Kier alpha value is -1.42. The molecule has 2 fully saturated rings. The Balaban J connectivity index is 1.54. The van der Waals surface area contributed by atoms with Gasteiger partial charge in [0.2, 0.25) is 5.91 Å². The van der Waals surface area contributed by atoms with Gasteiger partial charge in [0.25, 0.3) is 0 Å². The van der Waals surface area contributed by atoms with Crippen LogP contribution < -0.4 is 5.32 Å². The molecule has 0 bridgehead atoms. The van der Waals surface area contributed by atoms with Gasteiger partial charge in [-0.15, -0.1) is 11.3 Å². The number of amides is 1. The second-order valence-corrected chi connectivity index (χ2v) is 10.8. The second-order valence-electron chi connectivity index (χ2n) is 9.85. The third kappa shape index (κ3) is 6.31. The summed E-state index contributed by atoms with van der Waals surface area (Å²) in [5.41, 5.74) is 3.47. The predicted molar refractivity (Wildman–Crippen MR) is 133 cm³/mol. The van der Waals surface area contributed by atoms with Gasteiger partial charge in [-0.1, -0.05) is 83.5 Å². The van der Waals surface area contributed by atoms with Gasteiger partial charge in [0.15, 0.2) is 0 Å². The maximum atomic E-state index is 13.4. The molecule has 2 aromatic rings. The molecular formula is C27H40N2OS. The van der Waals surface area contributed by atoms with E-state index in [-0.39, 0.29) is 11.8 Å². The average molecular weight is 441 g/mol. The van der Waals surface area contributed by atoms with Crippen LogP contribution in [0.25, 0.3) is 10.2 Å². The number of aromatic nitrogens is 1. The van der Waals surface area contributed by atoms with E-state index in [1.54, 1.807) is 11.3 Å². The lowest BCUT2D eigenvalue weighted by molar-refractivity contribution is -0.120. The number of hydrogen-bond acceptors (Lipinski definition) is 3. The van der Waals surface area contributed by atoms with E-state index < -0.39 is 0 Å². The number of thiophene rings is 1. The van der Waals surface area contributed by atoms with Crippen molar-refractivity contribution in [1.82, 2.24) is 4.98 Å². The molecule has 0 unspecified atom stereocenters. The number of carbonyl (C=O) groups excluding carboxylic acids is 1. The lowest BCUT2D eigenvalue weighted by Crippen LogP contribution is -2.24. The SMILES string of the molecule is O=C(Nc1cnc2ccsc2c1C1CCCCCCC1)C1CCCCCCCCCC1. The number of carbonyl (C=O) groups is 1. The molecule has 31 heavy (non-hydrogen) atoms. The van der Waals surface area contributed by atoms with E-state index in [0.29, 0.717) is 5.92 Å². The minimum Gasteiger partial charge on any atom is -0.324 e. The smallest absolute Gasteiger partial charge is 0.227 e. The van der Waals surface area contributed by atoms with Crippen molar-refractivity contribution in [3.63, 3.8) is 0 Å². The molecule has 2 aromatic heterocycles.